The van der Waals surface area contributed by atoms with Crippen LogP contribution in [0.5, 0.6) is 0 Å². The molecule has 8 heteroatoms. The van der Waals surface area contributed by atoms with Crippen molar-refractivity contribution in [1.82, 2.24) is 0 Å². The van der Waals surface area contributed by atoms with Crippen LogP contribution in [0, 0.1) is 35.6 Å². The van der Waals surface area contributed by atoms with Gasteiger partial charge in [-0.1, -0.05) is 0 Å². The van der Waals surface area contributed by atoms with Crippen molar-refractivity contribution in [3.05, 3.63) is 0 Å². The van der Waals surface area contributed by atoms with Gasteiger partial charge in [0.1, 0.15) is 0 Å². The Balaban J connectivity index is -0.0000000267. The molecule has 0 aliphatic carbocycles. The molecule has 0 heterocycles. The number of rotatable bonds is 0. The molecule has 0 fully saturated rings. The molecule has 0 atom stereocenters. The molecule has 3 N–H and O–H groups in total. The quantitative estimate of drug-likeness (QED) is 0.319. The topological polar surface area (TPSA) is 77.8 Å². The van der Waals surface area contributed by atoms with Gasteiger partial charge in [-0.05, 0) is 0 Å². The van der Waals surface area contributed by atoms with Crippen LogP contribution in [-0.2, 0) is 4.57 Å². The first-order valence-corrected chi connectivity index (χ1v) is 2.35. The summed E-state index contributed by atoms with van der Waals surface area (Å²) in [6.45, 7) is 0. The third-order valence-corrected chi connectivity index (χ3v) is 0. The van der Waals surface area contributed by atoms with Gasteiger partial charge in [-0.15, -0.1) is 0 Å². The van der Waals surface area contributed by atoms with Crippen LogP contribution < -0.4 is 0 Å². The molecule has 0 spiro atoms. The largest absolute Gasteiger partial charge is 0 e. The first kappa shape index (κ1) is 22.4. The Hall–Kier alpha value is 2.47. The second kappa shape index (κ2) is 9.47. The minimum Gasteiger partial charge on any atom is 0 e. The van der Waals surface area contributed by atoms with Crippen molar-refractivity contribution in [2.45, 2.75) is 0 Å². The van der Waals surface area contributed by atoms with E-state index >= 15 is 0 Å². The molecule has 0 aromatic rings. The second-order valence-electron chi connectivity index (χ2n) is 0.513. The third kappa shape index (κ3) is 77.4. The summed E-state index contributed by atoms with van der Waals surface area (Å²) in [5.74, 6) is 0. The fourth-order valence-corrected chi connectivity index (χ4v) is 0. The summed E-state index contributed by atoms with van der Waals surface area (Å²) < 4.78 is 8.88. The van der Waals surface area contributed by atoms with E-state index in [0.29, 0.717) is 0 Å². The molecule has 0 aromatic heterocycles. The maximum absolute atomic E-state index is 8.88. The molecule has 8 heavy (non-hydrogen) atoms. The molecule has 0 rings (SSSR count). The summed E-state index contributed by atoms with van der Waals surface area (Å²) in [7, 11) is -4.64. The van der Waals surface area contributed by atoms with Crippen molar-refractivity contribution in [2.24, 2.45) is 0 Å². The van der Waals surface area contributed by atoms with E-state index in [9.17, 15) is 0 Å². The van der Waals surface area contributed by atoms with Gasteiger partial charge in [-0.25, -0.2) is 4.57 Å². The molecule has 0 aromatic carbocycles. The Morgan fingerprint density at radius 3 is 1.12 bits per heavy atom. The normalized spacial score (nSPS) is 7.38. The Morgan fingerprint density at radius 2 is 1.12 bits per heavy atom. The summed E-state index contributed by atoms with van der Waals surface area (Å²) in [5, 5.41) is 0. The van der Waals surface area contributed by atoms with Crippen molar-refractivity contribution in [3.63, 3.8) is 0 Å². The van der Waals surface area contributed by atoms with Gasteiger partial charge in [-0.3, -0.25) is 0 Å². The van der Waals surface area contributed by atoms with Gasteiger partial charge in [0, 0.05) is 35.6 Å². The molecule has 0 amide bonds. The molecule has 0 aliphatic heterocycles. The molecule has 0 saturated heterocycles. The molecule has 0 aliphatic rings. The molecule has 0 unspecified atom stereocenters. The summed E-state index contributed by atoms with van der Waals surface area (Å²) in [6.07, 6.45) is 0. The average Bonchev–Trinajstić information content (AvgIpc) is 0.722. The summed E-state index contributed by atoms with van der Waals surface area (Å²) in [6, 6.07) is 0. The number of hydrogen-bond acceptors (Lipinski definition) is 1. The second-order valence-corrected chi connectivity index (χ2v) is 1.54. The van der Waals surface area contributed by atoms with E-state index in [1.807, 2.05) is 0 Å². The molecule has 47 valence electrons. The molecule has 1 radical (unpaired) electrons. The summed E-state index contributed by atoms with van der Waals surface area (Å²) in [4.78, 5) is 21.6. The van der Waals surface area contributed by atoms with Gasteiger partial charge in [0.25, 0.3) is 0 Å². The fourth-order valence-electron chi connectivity index (χ4n) is 0. The van der Waals surface area contributed by atoms with Crippen LogP contribution in [0.3, 0.4) is 0 Å². The SMILES string of the molecule is O=P(O)(O)O.[AlH3].[GaH3].[La]. The summed E-state index contributed by atoms with van der Waals surface area (Å²) in [5.41, 5.74) is 0. The van der Waals surface area contributed by atoms with Crippen LogP contribution in [0.2, 0.25) is 0 Å². The number of phosphoric acid groups is 1. The van der Waals surface area contributed by atoms with Gasteiger partial charge in [0.05, 0.1) is 0 Å². The molecule has 0 bridgehead atoms. The fraction of sp³-hybridized carbons (Fsp3) is 0. The Kier molecular flexibility index (Phi) is 26.6. The first-order valence-electron chi connectivity index (χ1n) is 0.783. The van der Waals surface area contributed by atoms with Crippen LogP contribution in [0.1, 0.15) is 0 Å². The smallest absolute Gasteiger partial charge is 0 e. The van der Waals surface area contributed by atoms with E-state index in [2.05, 4.69) is 0 Å². The van der Waals surface area contributed by atoms with Gasteiger partial charge in [0.15, 0.2) is 17.4 Å². The standard InChI is InChI=1S/Al.Ga.La.H3O4P.6H/c;;;1-5(2,3)4;;;;;;/h;;;(H3,1,2,3,4);;;;;;. The van der Waals surface area contributed by atoms with Crippen LogP contribution in [-0.4, -0.2) is 51.8 Å². The zero-order valence-electron chi connectivity index (χ0n) is 2.77. The molecule has 4 nitrogen and oxygen atoms in total. The Morgan fingerprint density at radius 1 is 1.12 bits per heavy atom. The zero-order chi connectivity index (χ0) is 4.50. The molecule has 0 saturated carbocycles. The van der Waals surface area contributed by atoms with Crippen molar-refractivity contribution in [3.8, 4) is 0 Å². The summed E-state index contributed by atoms with van der Waals surface area (Å²) >= 11 is 0. The minimum atomic E-state index is -4.64. The first-order chi connectivity index (χ1) is 2.00. The molecular formula is H9AlGaLaO4P. The average molecular weight is 340 g/mol. The van der Waals surface area contributed by atoms with Crippen molar-refractivity contribution in [2.75, 3.05) is 0 Å². The van der Waals surface area contributed by atoms with Crippen molar-refractivity contribution in [1.29, 1.82) is 0 Å². The van der Waals surface area contributed by atoms with E-state index in [4.69, 9.17) is 19.2 Å². The van der Waals surface area contributed by atoms with E-state index in [0.717, 1.165) is 0 Å². The monoisotopic (exact) mass is 339 g/mol. The van der Waals surface area contributed by atoms with Gasteiger partial charge < -0.3 is 14.7 Å². The number of hydrogen-bond donors (Lipinski definition) is 3. The zero-order valence-corrected chi connectivity index (χ0v) is 7.29. The van der Waals surface area contributed by atoms with Crippen LogP contribution in [0.15, 0.2) is 0 Å². The third-order valence-electron chi connectivity index (χ3n) is 0. The van der Waals surface area contributed by atoms with Gasteiger partial charge in [0.2, 0.25) is 0 Å². The van der Waals surface area contributed by atoms with E-state index in [-0.39, 0.29) is 72.8 Å². The maximum Gasteiger partial charge on any atom is 0 e. The minimum absolute atomic E-state index is 0. The van der Waals surface area contributed by atoms with E-state index in [1.165, 1.54) is 0 Å². The van der Waals surface area contributed by atoms with Gasteiger partial charge in [-0.2, -0.15) is 0 Å². The van der Waals surface area contributed by atoms with Gasteiger partial charge >= 0.3 is 27.6 Å². The van der Waals surface area contributed by atoms with E-state index in [1.54, 1.807) is 0 Å². The maximum atomic E-state index is 8.88. The molecular weight excluding hydrogens is 331 g/mol. The van der Waals surface area contributed by atoms with Crippen LogP contribution >= 0.6 is 7.82 Å². The predicted molar refractivity (Wildman–Crippen MR) is 34.1 cm³/mol. The van der Waals surface area contributed by atoms with Crippen molar-refractivity contribution >= 4 is 45.0 Å². The van der Waals surface area contributed by atoms with Crippen LogP contribution in [0.25, 0.3) is 0 Å². The predicted octanol–water partition coefficient (Wildman–Crippen LogP) is -3.30. The van der Waals surface area contributed by atoms with Crippen molar-refractivity contribution < 1.29 is 54.8 Å². The van der Waals surface area contributed by atoms with E-state index < -0.39 is 7.82 Å². The van der Waals surface area contributed by atoms with Crippen LogP contribution in [0.4, 0.5) is 0 Å². The Bertz CT molecular complexity index is 62.2. The Labute approximate surface area is 98.5 Å².